The van der Waals surface area contributed by atoms with Gasteiger partial charge in [0.1, 0.15) is 18.7 Å². The number of likely N-dealkylation sites (tertiary alicyclic amines) is 1. The Labute approximate surface area is 291 Å². The summed E-state index contributed by atoms with van der Waals surface area (Å²) >= 11 is 0. The number of Topliss-reactive ketones (excluding diaryl/α,β-unsaturated/α-hetero) is 1. The van der Waals surface area contributed by atoms with Crippen LogP contribution in [0.2, 0.25) is 0 Å². The largest absolute Gasteiger partial charge is 0.447 e. The van der Waals surface area contributed by atoms with E-state index >= 15 is 0 Å². The molecule has 7 atom stereocenters. The van der Waals surface area contributed by atoms with Gasteiger partial charge in [0.05, 0.1) is 12.1 Å². The molecule has 1 heterocycles. The van der Waals surface area contributed by atoms with Gasteiger partial charge in [-0.3, -0.25) is 19.2 Å². The fraction of sp³-hybridized carbons (Fsp3) is 0.778. The lowest BCUT2D eigenvalue weighted by molar-refractivity contribution is -0.145. The third kappa shape index (κ3) is 10.2. The lowest BCUT2D eigenvalue weighted by atomic mass is 9.70. The van der Waals surface area contributed by atoms with E-state index in [2.05, 4.69) is 40.1 Å². The number of piperidine rings is 1. The van der Waals surface area contributed by atoms with Crippen LogP contribution in [0, 0.1) is 28.6 Å². The summed E-state index contributed by atoms with van der Waals surface area (Å²) in [6, 6.07) is -4.00. The normalized spacial score (nSPS) is 24.4. The highest BCUT2D eigenvalue weighted by molar-refractivity contribution is 6.38. The van der Waals surface area contributed by atoms with Crippen LogP contribution in [0.1, 0.15) is 100 Å². The molecule has 13 heteroatoms. The van der Waals surface area contributed by atoms with Crippen LogP contribution in [0.3, 0.4) is 0 Å². The van der Waals surface area contributed by atoms with E-state index in [-0.39, 0.29) is 49.3 Å². The number of hydrogen-bond donors (Lipinski definition) is 5. The maximum absolute atomic E-state index is 14.6. The summed E-state index contributed by atoms with van der Waals surface area (Å²) in [6.07, 6.45) is 6.03. The second-order valence-electron chi connectivity index (χ2n) is 15.8. The topological polar surface area (TPSA) is 175 Å². The second-order valence-corrected chi connectivity index (χ2v) is 15.8. The Morgan fingerprint density at radius 3 is 2.22 bits per heavy atom. The average Bonchev–Trinajstić information content (AvgIpc) is 3.45. The van der Waals surface area contributed by atoms with Crippen LogP contribution in [0.15, 0.2) is 12.7 Å². The van der Waals surface area contributed by atoms with Gasteiger partial charge >= 0.3 is 12.1 Å². The van der Waals surface area contributed by atoms with E-state index in [0.717, 1.165) is 32.1 Å². The van der Waals surface area contributed by atoms with Gasteiger partial charge in [0.15, 0.2) is 0 Å². The molecular weight excluding hydrogens is 628 g/mol. The summed E-state index contributed by atoms with van der Waals surface area (Å²) in [6.45, 7) is 19.3. The van der Waals surface area contributed by atoms with Gasteiger partial charge in [-0.15, -0.1) is 6.58 Å². The van der Waals surface area contributed by atoms with Crippen molar-refractivity contribution in [2.75, 3.05) is 19.7 Å². The quantitative estimate of drug-likeness (QED) is 0.129. The standard InChI is InChI=1S/C36H60N6O7/c1-10-15-24(28(43)31(45)37-18-11-2)39-30(44)27-26-22(5)23(26)19-42(27)32(46)29(36(9)16-13-12-14-17-36)41-33(47)40-25(35(6,7)8)20-49-34(48)38-21(3)4/h11,21-27,29H,2,10,12-20H2,1,3-9H3,(H,37,45)(H,38,48)(H,39,44)(H2,40,41,47)/t22?,23-,24?,25-,26+,27?,29?/m1/s1. The molecule has 0 spiro atoms. The van der Waals surface area contributed by atoms with Crippen LogP contribution in [0.5, 0.6) is 0 Å². The minimum absolute atomic E-state index is 0.0652. The summed E-state index contributed by atoms with van der Waals surface area (Å²) < 4.78 is 5.41. The third-order valence-electron chi connectivity index (χ3n) is 10.5. The van der Waals surface area contributed by atoms with Crippen molar-refractivity contribution in [3.63, 3.8) is 0 Å². The van der Waals surface area contributed by atoms with Crippen LogP contribution in [0.4, 0.5) is 9.59 Å². The zero-order chi connectivity index (χ0) is 36.7. The number of carbonyl (C=O) groups is 6. The summed E-state index contributed by atoms with van der Waals surface area (Å²) in [4.78, 5) is 81.6. The minimum Gasteiger partial charge on any atom is -0.447 e. The summed E-state index contributed by atoms with van der Waals surface area (Å²) in [5, 5.41) is 13.9. The van der Waals surface area contributed by atoms with Gasteiger partial charge in [-0.25, -0.2) is 9.59 Å². The van der Waals surface area contributed by atoms with Crippen LogP contribution >= 0.6 is 0 Å². The smallest absolute Gasteiger partial charge is 0.407 e. The molecule has 3 aliphatic rings. The first-order chi connectivity index (χ1) is 22.9. The van der Waals surface area contributed by atoms with Gasteiger partial charge in [0.25, 0.3) is 5.91 Å². The number of carbonyl (C=O) groups excluding carboxylic acids is 6. The number of alkyl carbamates (subject to hydrolysis) is 1. The fourth-order valence-electron chi connectivity index (χ4n) is 7.33. The van der Waals surface area contributed by atoms with Crippen molar-refractivity contribution in [3.8, 4) is 0 Å². The molecule has 5 N–H and O–H groups in total. The Morgan fingerprint density at radius 2 is 1.65 bits per heavy atom. The molecule has 3 fully saturated rings. The van der Waals surface area contributed by atoms with Gasteiger partial charge in [-0.05, 0) is 61.7 Å². The van der Waals surface area contributed by atoms with Gasteiger partial charge in [-0.2, -0.15) is 0 Å². The van der Waals surface area contributed by atoms with Crippen molar-refractivity contribution in [1.82, 2.24) is 31.5 Å². The summed E-state index contributed by atoms with van der Waals surface area (Å²) in [7, 11) is 0. The van der Waals surface area contributed by atoms with Crippen LogP contribution < -0.4 is 26.6 Å². The predicted octanol–water partition coefficient (Wildman–Crippen LogP) is 3.42. The first-order valence-electron chi connectivity index (χ1n) is 18.0. The maximum Gasteiger partial charge on any atom is 0.407 e. The highest BCUT2D eigenvalue weighted by Gasteiger charge is 2.63. The van der Waals surface area contributed by atoms with Crippen molar-refractivity contribution >= 4 is 35.6 Å². The molecule has 0 aromatic carbocycles. The monoisotopic (exact) mass is 688 g/mol. The highest BCUT2D eigenvalue weighted by Crippen LogP contribution is 2.55. The van der Waals surface area contributed by atoms with Crippen LogP contribution in [-0.2, 0) is 23.9 Å². The Bertz CT molecular complexity index is 1240. The van der Waals surface area contributed by atoms with E-state index in [1.807, 2.05) is 48.5 Å². The molecule has 1 saturated heterocycles. The minimum atomic E-state index is -1.03. The molecule has 1 aliphatic heterocycles. The molecule has 13 nitrogen and oxygen atoms in total. The van der Waals surface area contributed by atoms with Crippen LogP contribution in [0.25, 0.3) is 0 Å². The number of hydrogen-bond acceptors (Lipinski definition) is 7. The molecule has 0 radical (unpaired) electrons. The molecular formula is C36H60N6O7. The summed E-state index contributed by atoms with van der Waals surface area (Å²) in [5.41, 5.74) is -1.03. The molecule has 0 aromatic heterocycles. The fourth-order valence-corrected chi connectivity index (χ4v) is 7.33. The lowest BCUT2D eigenvalue weighted by Crippen LogP contribution is -2.63. The van der Waals surface area contributed by atoms with E-state index in [1.165, 1.54) is 6.08 Å². The number of ether oxygens (including phenoxy) is 1. The number of rotatable bonds is 15. The van der Waals surface area contributed by atoms with E-state index in [9.17, 15) is 28.8 Å². The average molecular weight is 689 g/mol. The van der Waals surface area contributed by atoms with Crippen molar-refractivity contribution < 1.29 is 33.5 Å². The van der Waals surface area contributed by atoms with Gasteiger partial charge < -0.3 is 36.2 Å². The van der Waals surface area contributed by atoms with Crippen molar-refractivity contribution in [2.24, 2.45) is 28.6 Å². The molecule has 6 amide bonds. The Balaban J connectivity index is 1.84. The zero-order valence-electron chi connectivity index (χ0n) is 30.8. The number of nitrogens with one attached hydrogen (secondary N) is 5. The number of fused-ring (bicyclic) bond motifs is 1. The molecule has 2 aliphatic carbocycles. The molecule has 49 heavy (non-hydrogen) atoms. The Hall–Kier alpha value is -3.64. The third-order valence-corrected chi connectivity index (χ3v) is 10.5. The van der Waals surface area contributed by atoms with Gasteiger partial charge in [0.2, 0.25) is 17.6 Å². The zero-order valence-corrected chi connectivity index (χ0v) is 30.8. The molecule has 4 unspecified atom stereocenters. The number of urea groups is 1. The second kappa shape index (κ2) is 16.8. The first kappa shape index (κ1) is 39.8. The molecule has 0 bridgehead atoms. The number of amides is 6. The van der Waals surface area contributed by atoms with Crippen molar-refractivity contribution in [3.05, 3.63) is 12.7 Å². The number of ketones is 1. The Kier molecular flexibility index (Phi) is 13.7. The molecule has 2 saturated carbocycles. The summed E-state index contributed by atoms with van der Waals surface area (Å²) in [5.74, 6) is -2.06. The SMILES string of the molecule is C=CCNC(=O)C(=O)C(CCC)NC(=O)C1[C@H]2C(C)[C@H]2CN1C(=O)C(NC(=O)N[C@H](COC(=O)NC(C)C)C(C)(C)C)C1(C)CCCCC1. The first-order valence-corrected chi connectivity index (χ1v) is 18.0. The van der Waals surface area contributed by atoms with Crippen molar-refractivity contribution in [2.45, 2.75) is 131 Å². The van der Waals surface area contributed by atoms with E-state index in [1.54, 1.807) is 4.90 Å². The van der Waals surface area contributed by atoms with E-state index in [0.29, 0.717) is 13.0 Å². The van der Waals surface area contributed by atoms with E-state index < -0.39 is 64.7 Å². The maximum atomic E-state index is 14.6. The van der Waals surface area contributed by atoms with E-state index in [4.69, 9.17) is 4.74 Å². The van der Waals surface area contributed by atoms with Crippen LogP contribution in [-0.4, -0.2) is 90.4 Å². The number of nitrogens with zero attached hydrogens (tertiary/aromatic N) is 1. The molecule has 3 rings (SSSR count). The predicted molar refractivity (Wildman–Crippen MR) is 186 cm³/mol. The Morgan fingerprint density at radius 1 is 1.00 bits per heavy atom. The van der Waals surface area contributed by atoms with Gasteiger partial charge in [-0.1, -0.05) is 73.3 Å². The molecule has 0 aromatic rings. The highest BCUT2D eigenvalue weighted by atomic mass is 16.5. The lowest BCUT2D eigenvalue weighted by Gasteiger charge is -2.43. The molecule has 276 valence electrons. The van der Waals surface area contributed by atoms with Crippen molar-refractivity contribution in [1.29, 1.82) is 0 Å². The van der Waals surface area contributed by atoms with Gasteiger partial charge in [0, 0.05) is 19.1 Å².